The molecule has 0 aliphatic rings. The van der Waals surface area contributed by atoms with Crippen LogP contribution in [0.2, 0.25) is 0 Å². The van der Waals surface area contributed by atoms with E-state index in [0.29, 0.717) is 12.9 Å². The Hall–Kier alpha value is 0.646. The first-order valence-corrected chi connectivity index (χ1v) is 2.26. The Morgan fingerprint density at radius 1 is 1.78 bits per heavy atom. The zero-order valence-corrected chi connectivity index (χ0v) is 8.71. The number of hydrogen-bond acceptors (Lipinski definition) is 3. The van der Waals surface area contributed by atoms with Crippen LogP contribution in [0.4, 0.5) is 0 Å². The third kappa shape index (κ3) is 8.65. The van der Waals surface area contributed by atoms with Crippen molar-refractivity contribution >= 4 is 5.97 Å². The van der Waals surface area contributed by atoms with Crippen molar-refractivity contribution in [2.75, 3.05) is 6.61 Å². The van der Waals surface area contributed by atoms with Crippen LogP contribution in [0.15, 0.2) is 12.3 Å². The standard InChI is InChI=1S/C5H8O3.K/c1-2-8-5(7)3-4-6;/h3-4,6H,2H2,1H3;/q;+1/p-1. The number of hydrogen-bond donors (Lipinski definition) is 0. The van der Waals surface area contributed by atoms with Gasteiger partial charge in [0.2, 0.25) is 0 Å². The van der Waals surface area contributed by atoms with Gasteiger partial charge in [-0.1, -0.05) is 0 Å². The quantitative estimate of drug-likeness (QED) is 0.179. The molecule has 0 fully saturated rings. The van der Waals surface area contributed by atoms with E-state index in [1.165, 1.54) is 0 Å². The first-order valence-electron chi connectivity index (χ1n) is 2.26. The van der Waals surface area contributed by atoms with Crippen molar-refractivity contribution < 1.29 is 66.0 Å². The number of esters is 1. The van der Waals surface area contributed by atoms with Crippen molar-refractivity contribution in [3.05, 3.63) is 12.3 Å². The maximum absolute atomic E-state index is 10.1. The summed E-state index contributed by atoms with van der Waals surface area (Å²) in [7, 11) is 0. The molecule has 0 bridgehead atoms. The summed E-state index contributed by atoms with van der Waals surface area (Å²) < 4.78 is 4.36. The zero-order valence-electron chi connectivity index (χ0n) is 5.59. The normalized spacial score (nSPS) is 8.56. The van der Waals surface area contributed by atoms with E-state index in [2.05, 4.69) is 4.74 Å². The van der Waals surface area contributed by atoms with E-state index in [0.717, 1.165) is 6.08 Å². The molecule has 0 radical (unpaired) electrons. The number of ether oxygens (including phenoxy) is 1. The van der Waals surface area contributed by atoms with Gasteiger partial charge in [0.15, 0.2) is 0 Å². The Kier molecular flexibility index (Phi) is 11.8. The summed E-state index contributed by atoms with van der Waals surface area (Å²) in [4.78, 5) is 10.1. The second kappa shape index (κ2) is 8.65. The Morgan fingerprint density at radius 3 is 2.67 bits per heavy atom. The van der Waals surface area contributed by atoms with Gasteiger partial charge in [-0.2, -0.15) is 0 Å². The Labute approximate surface area is 96.5 Å². The van der Waals surface area contributed by atoms with E-state index in [9.17, 15) is 9.90 Å². The molecule has 3 nitrogen and oxygen atoms in total. The second-order valence-electron chi connectivity index (χ2n) is 1.05. The van der Waals surface area contributed by atoms with Gasteiger partial charge in [0.25, 0.3) is 0 Å². The average Bonchev–Trinajstić information content (AvgIpc) is 1.68. The first kappa shape index (κ1) is 12.3. The number of carbonyl (C=O) groups is 1. The summed E-state index contributed by atoms with van der Waals surface area (Å²) in [6.07, 6.45) is 1.24. The molecule has 4 heteroatoms. The van der Waals surface area contributed by atoms with E-state index < -0.39 is 5.97 Å². The largest absolute Gasteiger partial charge is 1.00 e. The van der Waals surface area contributed by atoms with Crippen LogP contribution >= 0.6 is 0 Å². The molecule has 0 spiro atoms. The molecule has 0 amide bonds. The fourth-order valence-corrected chi connectivity index (χ4v) is 0.246. The predicted molar refractivity (Wildman–Crippen MR) is 25.8 cm³/mol. The Morgan fingerprint density at radius 2 is 2.33 bits per heavy atom. The molecule has 0 aromatic heterocycles. The Balaban J connectivity index is 0. The molecule has 0 N–H and O–H groups in total. The van der Waals surface area contributed by atoms with Crippen LogP contribution in [0, 0.1) is 0 Å². The molecular weight excluding hydrogens is 147 g/mol. The van der Waals surface area contributed by atoms with Crippen LogP contribution < -0.4 is 56.5 Å². The molecular formula is C5H7KO3. The molecule has 0 aromatic rings. The van der Waals surface area contributed by atoms with Crippen molar-refractivity contribution in [2.24, 2.45) is 0 Å². The fraction of sp³-hybridized carbons (Fsp3) is 0.400. The molecule has 0 saturated carbocycles. The van der Waals surface area contributed by atoms with Gasteiger partial charge in [-0.05, 0) is 6.92 Å². The van der Waals surface area contributed by atoms with Crippen LogP contribution in [0.5, 0.6) is 0 Å². The van der Waals surface area contributed by atoms with E-state index in [1.807, 2.05) is 0 Å². The van der Waals surface area contributed by atoms with Crippen molar-refractivity contribution in [1.29, 1.82) is 0 Å². The maximum atomic E-state index is 10.1. The fourth-order valence-electron chi connectivity index (χ4n) is 0.246. The molecule has 9 heavy (non-hydrogen) atoms. The van der Waals surface area contributed by atoms with E-state index >= 15 is 0 Å². The topological polar surface area (TPSA) is 49.4 Å². The predicted octanol–water partition coefficient (Wildman–Crippen LogP) is -3.57. The summed E-state index contributed by atoms with van der Waals surface area (Å²) in [5, 5.41) is 9.53. The molecule has 0 unspecified atom stereocenters. The van der Waals surface area contributed by atoms with E-state index in [1.54, 1.807) is 6.92 Å². The van der Waals surface area contributed by atoms with E-state index in [-0.39, 0.29) is 51.4 Å². The van der Waals surface area contributed by atoms with Crippen molar-refractivity contribution in [2.45, 2.75) is 6.92 Å². The molecule has 0 aliphatic heterocycles. The van der Waals surface area contributed by atoms with E-state index in [4.69, 9.17) is 0 Å². The summed E-state index contributed by atoms with van der Waals surface area (Å²) in [6.45, 7) is 1.99. The van der Waals surface area contributed by atoms with Gasteiger partial charge < -0.3 is 9.84 Å². The third-order valence-corrected chi connectivity index (χ3v) is 0.491. The SMILES string of the molecule is CCOC(=O)C=C[O-].[K+]. The minimum atomic E-state index is -0.581. The van der Waals surface area contributed by atoms with Gasteiger partial charge in [-0.25, -0.2) is 4.79 Å². The third-order valence-electron chi connectivity index (χ3n) is 0.491. The molecule has 0 saturated heterocycles. The molecule has 0 rings (SSSR count). The van der Waals surface area contributed by atoms with Gasteiger partial charge >= 0.3 is 57.4 Å². The molecule has 0 atom stereocenters. The van der Waals surface area contributed by atoms with Gasteiger partial charge in [-0.3, -0.25) is 0 Å². The van der Waals surface area contributed by atoms with Gasteiger partial charge in [0.05, 0.1) is 6.61 Å². The van der Waals surface area contributed by atoms with Crippen LogP contribution in [-0.4, -0.2) is 12.6 Å². The van der Waals surface area contributed by atoms with Gasteiger partial charge in [0.1, 0.15) is 0 Å². The van der Waals surface area contributed by atoms with Crippen molar-refractivity contribution in [3.63, 3.8) is 0 Å². The molecule has 0 heterocycles. The summed E-state index contributed by atoms with van der Waals surface area (Å²) >= 11 is 0. The molecule has 46 valence electrons. The van der Waals surface area contributed by atoms with Gasteiger partial charge in [-0.15, -0.1) is 6.26 Å². The minimum absolute atomic E-state index is 0. The van der Waals surface area contributed by atoms with Crippen LogP contribution in [0.3, 0.4) is 0 Å². The Bertz CT molecular complexity index is 100. The number of carbonyl (C=O) groups excluding carboxylic acids is 1. The van der Waals surface area contributed by atoms with Gasteiger partial charge in [0, 0.05) is 6.08 Å². The average molecular weight is 154 g/mol. The minimum Gasteiger partial charge on any atom is -0.878 e. The molecule has 0 aromatic carbocycles. The smallest absolute Gasteiger partial charge is 0.878 e. The molecule has 0 aliphatic carbocycles. The van der Waals surface area contributed by atoms with Crippen molar-refractivity contribution in [1.82, 2.24) is 0 Å². The summed E-state index contributed by atoms with van der Waals surface area (Å²) in [5.41, 5.74) is 0. The monoisotopic (exact) mass is 154 g/mol. The maximum Gasteiger partial charge on any atom is 1.00 e. The van der Waals surface area contributed by atoms with Crippen LogP contribution in [-0.2, 0) is 9.53 Å². The number of rotatable bonds is 2. The second-order valence-corrected chi connectivity index (χ2v) is 1.05. The summed E-state index contributed by atoms with van der Waals surface area (Å²) in [5.74, 6) is -0.581. The van der Waals surface area contributed by atoms with Crippen LogP contribution in [0.1, 0.15) is 6.92 Å². The summed E-state index contributed by atoms with van der Waals surface area (Å²) in [6, 6.07) is 0. The van der Waals surface area contributed by atoms with Crippen LogP contribution in [0.25, 0.3) is 0 Å². The zero-order chi connectivity index (χ0) is 6.41. The first-order chi connectivity index (χ1) is 3.81. The van der Waals surface area contributed by atoms with Crippen molar-refractivity contribution in [3.8, 4) is 0 Å².